The normalized spacial score (nSPS) is 12.0. The van der Waals surface area contributed by atoms with E-state index in [4.69, 9.17) is 16.7 Å². The first-order valence-corrected chi connectivity index (χ1v) is 7.77. The maximum atomic E-state index is 11.9. The van der Waals surface area contributed by atoms with Gasteiger partial charge in [0.15, 0.2) is 0 Å². The second-order valence-corrected chi connectivity index (χ2v) is 5.57. The molecule has 2 amide bonds. The van der Waals surface area contributed by atoms with Crippen LogP contribution >= 0.6 is 23.4 Å². The molecule has 106 valence electrons. The van der Waals surface area contributed by atoms with Crippen LogP contribution in [0.5, 0.6) is 0 Å². The number of amides is 2. The van der Waals surface area contributed by atoms with Gasteiger partial charge in [-0.05, 0) is 43.4 Å². The molecule has 0 aliphatic rings. The zero-order valence-corrected chi connectivity index (χ0v) is 12.6. The molecule has 3 N–H and O–H groups in total. The first-order chi connectivity index (χ1) is 9.06. The number of rotatable bonds is 6. The molecule has 0 fully saturated rings. The number of nitrogens with one attached hydrogen (secondary N) is 2. The fourth-order valence-corrected chi connectivity index (χ4v) is 2.54. The van der Waals surface area contributed by atoms with Gasteiger partial charge in [-0.25, -0.2) is 4.79 Å². The van der Waals surface area contributed by atoms with E-state index in [1.54, 1.807) is 30.0 Å². The number of hydrogen-bond donors (Lipinski definition) is 3. The summed E-state index contributed by atoms with van der Waals surface area (Å²) in [5.74, 6) is 0.771. The lowest BCUT2D eigenvalue weighted by Crippen LogP contribution is -2.40. The molecule has 0 heterocycles. The fraction of sp³-hybridized carbons (Fsp3) is 0.462. The minimum atomic E-state index is -0.266. The van der Waals surface area contributed by atoms with Gasteiger partial charge in [0.1, 0.15) is 0 Å². The Hall–Kier alpha value is -0.910. The maximum Gasteiger partial charge on any atom is 0.319 e. The number of aliphatic hydroxyl groups is 1. The Morgan fingerprint density at radius 2 is 2.26 bits per heavy atom. The number of anilines is 1. The highest BCUT2D eigenvalue weighted by Crippen LogP contribution is 2.19. The number of thioether (sulfide) groups is 1. The van der Waals surface area contributed by atoms with E-state index >= 15 is 0 Å². The first kappa shape index (κ1) is 16.1. The highest BCUT2D eigenvalue weighted by Gasteiger charge is 2.12. The van der Waals surface area contributed by atoms with Crippen molar-refractivity contribution in [3.05, 3.63) is 28.8 Å². The monoisotopic (exact) mass is 302 g/mol. The van der Waals surface area contributed by atoms with Crippen molar-refractivity contribution in [2.24, 2.45) is 0 Å². The van der Waals surface area contributed by atoms with Crippen molar-refractivity contribution in [2.45, 2.75) is 19.4 Å². The molecule has 1 rings (SSSR count). The van der Waals surface area contributed by atoms with Crippen molar-refractivity contribution in [1.29, 1.82) is 0 Å². The zero-order chi connectivity index (χ0) is 14.3. The Kier molecular flexibility index (Phi) is 7.05. The summed E-state index contributed by atoms with van der Waals surface area (Å²) >= 11 is 7.49. The lowest BCUT2D eigenvalue weighted by Gasteiger charge is -2.17. The van der Waals surface area contributed by atoms with Crippen LogP contribution in [0, 0.1) is 6.92 Å². The maximum absolute atomic E-state index is 11.9. The average molecular weight is 303 g/mol. The molecule has 6 heteroatoms. The van der Waals surface area contributed by atoms with Crippen LogP contribution in [-0.4, -0.2) is 35.8 Å². The summed E-state index contributed by atoms with van der Waals surface area (Å²) in [6.07, 6.45) is 2.52. The molecule has 0 aliphatic heterocycles. The van der Waals surface area contributed by atoms with E-state index in [0.29, 0.717) is 11.4 Å². The molecule has 1 atom stereocenters. The summed E-state index contributed by atoms with van der Waals surface area (Å²) in [5.41, 5.74) is 1.64. The molecule has 0 aromatic heterocycles. The molecule has 0 saturated heterocycles. The van der Waals surface area contributed by atoms with E-state index in [0.717, 1.165) is 17.0 Å². The number of halogens is 1. The standard InChI is InChI=1S/C13H19ClN2O2S/c1-9-7-10(14)3-4-12(9)16-13(18)15-11(5-6-17)8-19-2/h3-4,7,11,17H,5-6,8H2,1-2H3,(H2,15,16,18). The van der Waals surface area contributed by atoms with Crippen LogP contribution in [0.1, 0.15) is 12.0 Å². The molecule has 0 saturated carbocycles. The van der Waals surface area contributed by atoms with Crippen molar-refractivity contribution in [3.63, 3.8) is 0 Å². The number of carbonyl (C=O) groups excluding carboxylic acids is 1. The Bertz CT molecular complexity index is 423. The Morgan fingerprint density at radius 1 is 1.53 bits per heavy atom. The topological polar surface area (TPSA) is 61.4 Å². The van der Waals surface area contributed by atoms with Crippen molar-refractivity contribution >= 4 is 35.1 Å². The van der Waals surface area contributed by atoms with Gasteiger partial charge in [0.05, 0.1) is 0 Å². The Balaban J connectivity index is 2.58. The summed E-state index contributed by atoms with van der Waals surface area (Å²) in [6.45, 7) is 1.94. The van der Waals surface area contributed by atoms with Crippen LogP contribution in [0.4, 0.5) is 10.5 Å². The van der Waals surface area contributed by atoms with Gasteiger partial charge in [0, 0.05) is 29.1 Å². The van der Waals surface area contributed by atoms with Crippen molar-refractivity contribution in [3.8, 4) is 0 Å². The van der Waals surface area contributed by atoms with Gasteiger partial charge >= 0.3 is 6.03 Å². The van der Waals surface area contributed by atoms with Crippen LogP contribution in [-0.2, 0) is 0 Å². The quantitative estimate of drug-likeness (QED) is 0.757. The van der Waals surface area contributed by atoms with E-state index in [1.807, 2.05) is 13.2 Å². The second kappa shape index (κ2) is 8.30. The number of aliphatic hydroxyl groups excluding tert-OH is 1. The van der Waals surface area contributed by atoms with E-state index < -0.39 is 0 Å². The van der Waals surface area contributed by atoms with Crippen LogP contribution < -0.4 is 10.6 Å². The predicted octanol–water partition coefficient (Wildman–Crippen LogP) is 2.88. The summed E-state index contributed by atoms with van der Waals surface area (Å²) in [7, 11) is 0. The highest BCUT2D eigenvalue weighted by molar-refractivity contribution is 7.98. The van der Waals surface area contributed by atoms with Gasteiger partial charge in [0.2, 0.25) is 0 Å². The van der Waals surface area contributed by atoms with E-state index in [-0.39, 0.29) is 18.7 Å². The molecule has 0 spiro atoms. The van der Waals surface area contributed by atoms with Crippen LogP contribution in [0.2, 0.25) is 5.02 Å². The molecular formula is C13H19ClN2O2S. The van der Waals surface area contributed by atoms with E-state index in [1.165, 1.54) is 0 Å². The van der Waals surface area contributed by atoms with Gasteiger partial charge in [-0.1, -0.05) is 11.6 Å². The Morgan fingerprint density at radius 3 is 2.84 bits per heavy atom. The second-order valence-electron chi connectivity index (χ2n) is 4.22. The zero-order valence-electron chi connectivity index (χ0n) is 11.1. The third-order valence-electron chi connectivity index (χ3n) is 2.62. The SMILES string of the molecule is CSCC(CCO)NC(=O)Nc1ccc(Cl)cc1C. The average Bonchev–Trinajstić information content (AvgIpc) is 2.33. The Labute approximate surface area is 122 Å². The van der Waals surface area contributed by atoms with Gasteiger partial charge in [0.25, 0.3) is 0 Å². The summed E-state index contributed by atoms with van der Waals surface area (Å²) in [5, 5.41) is 15.2. The number of benzene rings is 1. The van der Waals surface area contributed by atoms with Gasteiger partial charge in [-0.15, -0.1) is 0 Å². The summed E-state index contributed by atoms with van der Waals surface area (Å²) < 4.78 is 0. The summed E-state index contributed by atoms with van der Waals surface area (Å²) in [4.78, 5) is 11.9. The number of urea groups is 1. The predicted molar refractivity (Wildman–Crippen MR) is 82.2 cm³/mol. The molecule has 1 aromatic carbocycles. The molecule has 0 radical (unpaired) electrons. The third-order valence-corrected chi connectivity index (χ3v) is 3.59. The third kappa shape index (κ3) is 5.72. The van der Waals surface area contributed by atoms with Crippen molar-refractivity contribution in [2.75, 3.05) is 23.9 Å². The number of aryl methyl sites for hydroxylation is 1. The molecule has 1 unspecified atom stereocenters. The van der Waals surface area contributed by atoms with Gasteiger partial charge in [-0.3, -0.25) is 0 Å². The minimum absolute atomic E-state index is 0.0346. The largest absolute Gasteiger partial charge is 0.396 e. The fourth-order valence-electron chi connectivity index (χ4n) is 1.67. The van der Waals surface area contributed by atoms with Crippen LogP contribution in [0.25, 0.3) is 0 Å². The number of carbonyl (C=O) groups is 1. The van der Waals surface area contributed by atoms with Gasteiger partial charge in [-0.2, -0.15) is 11.8 Å². The summed E-state index contributed by atoms with van der Waals surface area (Å²) in [6, 6.07) is 5.00. The smallest absolute Gasteiger partial charge is 0.319 e. The molecule has 0 bridgehead atoms. The molecular weight excluding hydrogens is 284 g/mol. The highest BCUT2D eigenvalue weighted by atomic mass is 35.5. The molecule has 0 aliphatic carbocycles. The molecule has 1 aromatic rings. The van der Waals surface area contributed by atoms with Crippen LogP contribution in [0.15, 0.2) is 18.2 Å². The lowest BCUT2D eigenvalue weighted by atomic mass is 10.2. The van der Waals surface area contributed by atoms with Crippen LogP contribution in [0.3, 0.4) is 0 Å². The first-order valence-electron chi connectivity index (χ1n) is 6.00. The lowest BCUT2D eigenvalue weighted by molar-refractivity contribution is 0.241. The minimum Gasteiger partial charge on any atom is -0.396 e. The van der Waals surface area contributed by atoms with E-state index in [2.05, 4.69) is 10.6 Å². The van der Waals surface area contributed by atoms with Crippen molar-refractivity contribution in [1.82, 2.24) is 5.32 Å². The number of hydrogen-bond acceptors (Lipinski definition) is 3. The van der Waals surface area contributed by atoms with Gasteiger partial charge < -0.3 is 15.7 Å². The van der Waals surface area contributed by atoms with Crippen molar-refractivity contribution < 1.29 is 9.90 Å². The molecule has 4 nitrogen and oxygen atoms in total. The van der Waals surface area contributed by atoms with E-state index in [9.17, 15) is 4.79 Å². The molecule has 19 heavy (non-hydrogen) atoms.